The van der Waals surface area contributed by atoms with E-state index in [1.54, 1.807) is 6.07 Å². The average Bonchev–Trinajstić information content (AvgIpc) is 2.76. The standard InChI is InChI=1S/C17H15Cl2NO/c1-9-4-3-5-10(2)16(9)17(19)12-6-11-7-15(21)20-14(11)8-13(12)18/h3-6,8,17H,7H2,1-2H3,(H,20,21). The minimum Gasteiger partial charge on any atom is -0.325 e. The number of aryl methyl sites for hydroxylation is 2. The Kier molecular flexibility index (Phi) is 3.68. The van der Waals surface area contributed by atoms with Crippen LogP contribution in [0.3, 0.4) is 0 Å². The predicted octanol–water partition coefficient (Wildman–Crippen LogP) is 4.78. The third-order valence-electron chi connectivity index (χ3n) is 3.92. The molecule has 21 heavy (non-hydrogen) atoms. The molecule has 2 aromatic rings. The second-order valence-corrected chi connectivity index (χ2v) is 6.27. The number of nitrogens with one attached hydrogen (secondary N) is 1. The van der Waals surface area contributed by atoms with Gasteiger partial charge in [-0.3, -0.25) is 4.79 Å². The summed E-state index contributed by atoms with van der Waals surface area (Å²) in [7, 11) is 0. The highest BCUT2D eigenvalue weighted by Crippen LogP contribution is 2.40. The number of carbonyl (C=O) groups excluding carboxylic acids is 1. The molecule has 0 saturated heterocycles. The molecule has 0 saturated carbocycles. The van der Waals surface area contributed by atoms with E-state index in [0.717, 1.165) is 33.5 Å². The Labute approximate surface area is 134 Å². The molecule has 2 nitrogen and oxygen atoms in total. The highest BCUT2D eigenvalue weighted by atomic mass is 35.5. The van der Waals surface area contributed by atoms with Crippen molar-refractivity contribution in [3.63, 3.8) is 0 Å². The number of carbonyl (C=O) groups is 1. The third kappa shape index (κ3) is 2.54. The fraction of sp³-hybridized carbons (Fsp3) is 0.235. The molecule has 1 atom stereocenters. The van der Waals surface area contributed by atoms with Gasteiger partial charge in [-0.05, 0) is 53.8 Å². The van der Waals surface area contributed by atoms with E-state index >= 15 is 0 Å². The fourth-order valence-corrected chi connectivity index (χ4v) is 3.70. The van der Waals surface area contributed by atoms with Gasteiger partial charge >= 0.3 is 0 Å². The first-order chi connectivity index (χ1) is 9.97. The Morgan fingerprint density at radius 2 is 1.86 bits per heavy atom. The van der Waals surface area contributed by atoms with Crippen LogP contribution in [0.1, 0.15) is 33.2 Å². The molecule has 0 fully saturated rings. The maximum Gasteiger partial charge on any atom is 0.228 e. The van der Waals surface area contributed by atoms with Gasteiger partial charge in [0.25, 0.3) is 0 Å². The number of benzene rings is 2. The number of hydrogen-bond donors (Lipinski definition) is 1. The van der Waals surface area contributed by atoms with Crippen LogP contribution in [0.2, 0.25) is 5.02 Å². The van der Waals surface area contributed by atoms with Crippen LogP contribution in [0.5, 0.6) is 0 Å². The van der Waals surface area contributed by atoms with E-state index in [4.69, 9.17) is 23.2 Å². The molecule has 108 valence electrons. The first kappa shape index (κ1) is 14.4. The summed E-state index contributed by atoms with van der Waals surface area (Å²) < 4.78 is 0. The molecule has 0 radical (unpaired) electrons. The van der Waals surface area contributed by atoms with Gasteiger partial charge in [-0.15, -0.1) is 11.6 Å². The van der Waals surface area contributed by atoms with Gasteiger partial charge in [0.1, 0.15) is 0 Å². The van der Waals surface area contributed by atoms with Crippen LogP contribution in [0.15, 0.2) is 30.3 Å². The van der Waals surface area contributed by atoms with Crippen LogP contribution >= 0.6 is 23.2 Å². The van der Waals surface area contributed by atoms with Crippen LogP contribution in [-0.2, 0) is 11.2 Å². The Morgan fingerprint density at radius 1 is 1.19 bits per heavy atom. The smallest absolute Gasteiger partial charge is 0.228 e. The first-order valence-corrected chi connectivity index (χ1v) is 7.61. The number of alkyl halides is 1. The van der Waals surface area contributed by atoms with E-state index in [9.17, 15) is 4.79 Å². The molecule has 0 bridgehead atoms. The van der Waals surface area contributed by atoms with Gasteiger partial charge in [-0.1, -0.05) is 29.8 Å². The second-order valence-electron chi connectivity index (χ2n) is 5.42. The molecular weight excluding hydrogens is 305 g/mol. The van der Waals surface area contributed by atoms with Gasteiger partial charge in [-0.2, -0.15) is 0 Å². The molecule has 4 heteroatoms. The first-order valence-electron chi connectivity index (χ1n) is 6.79. The summed E-state index contributed by atoms with van der Waals surface area (Å²) in [4.78, 5) is 11.5. The number of halogens is 2. The lowest BCUT2D eigenvalue weighted by Crippen LogP contribution is -2.03. The number of amides is 1. The van der Waals surface area contributed by atoms with Crippen molar-refractivity contribution < 1.29 is 4.79 Å². The largest absolute Gasteiger partial charge is 0.325 e. The quantitative estimate of drug-likeness (QED) is 0.793. The van der Waals surface area contributed by atoms with E-state index in [1.165, 1.54) is 0 Å². The topological polar surface area (TPSA) is 29.1 Å². The van der Waals surface area contributed by atoms with Crippen molar-refractivity contribution in [1.82, 2.24) is 0 Å². The lowest BCUT2D eigenvalue weighted by Gasteiger charge is -2.18. The molecule has 1 N–H and O–H groups in total. The number of hydrogen-bond acceptors (Lipinski definition) is 1. The van der Waals surface area contributed by atoms with Gasteiger partial charge in [0.05, 0.1) is 11.8 Å². The van der Waals surface area contributed by atoms with Crippen molar-refractivity contribution in [3.8, 4) is 0 Å². The molecule has 1 heterocycles. The summed E-state index contributed by atoms with van der Waals surface area (Å²) in [6, 6.07) is 9.85. The van der Waals surface area contributed by atoms with Crippen molar-refractivity contribution in [2.24, 2.45) is 0 Å². The molecule has 1 amide bonds. The lowest BCUT2D eigenvalue weighted by molar-refractivity contribution is -0.115. The normalized spacial score (nSPS) is 14.8. The third-order valence-corrected chi connectivity index (χ3v) is 4.70. The molecule has 0 aromatic heterocycles. The molecule has 0 aliphatic carbocycles. The maximum absolute atomic E-state index is 11.5. The van der Waals surface area contributed by atoms with E-state index < -0.39 is 0 Å². The summed E-state index contributed by atoms with van der Waals surface area (Å²) in [6.45, 7) is 4.09. The highest BCUT2D eigenvalue weighted by molar-refractivity contribution is 6.33. The van der Waals surface area contributed by atoms with Gasteiger partial charge < -0.3 is 5.32 Å². The number of fused-ring (bicyclic) bond motifs is 1. The van der Waals surface area contributed by atoms with Crippen molar-refractivity contribution in [2.45, 2.75) is 25.6 Å². The Balaban J connectivity index is 2.09. The SMILES string of the molecule is Cc1cccc(C)c1C(Cl)c1cc2c(cc1Cl)NC(=O)C2. The zero-order valence-electron chi connectivity index (χ0n) is 11.8. The monoisotopic (exact) mass is 319 g/mol. The summed E-state index contributed by atoms with van der Waals surface area (Å²) >= 11 is 13.1. The Morgan fingerprint density at radius 3 is 2.52 bits per heavy atom. The minimum absolute atomic E-state index is 0.00332. The van der Waals surface area contributed by atoms with Crippen molar-refractivity contribution in [1.29, 1.82) is 0 Å². The summed E-state index contributed by atoms with van der Waals surface area (Å²) in [5, 5.41) is 3.06. The van der Waals surface area contributed by atoms with E-state index in [0.29, 0.717) is 11.4 Å². The highest BCUT2D eigenvalue weighted by Gasteiger charge is 2.24. The number of rotatable bonds is 2. The second kappa shape index (κ2) is 5.36. The van der Waals surface area contributed by atoms with Gasteiger partial charge in [0.15, 0.2) is 0 Å². The van der Waals surface area contributed by atoms with Crippen LogP contribution in [0.4, 0.5) is 5.69 Å². The molecule has 0 spiro atoms. The van der Waals surface area contributed by atoms with Gasteiger partial charge in [0, 0.05) is 10.7 Å². The minimum atomic E-state index is -0.320. The number of anilines is 1. The van der Waals surface area contributed by atoms with E-state index in [1.807, 2.05) is 38.1 Å². The van der Waals surface area contributed by atoms with Crippen LogP contribution < -0.4 is 5.32 Å². The van der Waals surface area contributed by atoms with Crippen molar-refractivity contribution in [3.05, 3.63) is 63.2 Å². The fourth-order valence-electron chi connectivity index (χ4n) is 2.84. The van der Waals surface area contributed by atoms with Gasteiger partial charge in [-0.25, -0.2) is 0 Å². The molecule has 1 aliphatic rings. The maximum atomic E-state index is 11.5. The molecule has 2 aromatic carbocycles. The zero-order valence-corrected chi connectivity index (χ0v) is 13.3. The van der Waals surface area contributed by atoms with E-state index in [-0.39, 0.29) is 11.3 Å². The summed E-state index contributed by atoms with van der Waals surface area (Å²) in [5.74, 6) is -0.00332. The molecule has 1 aliphatic heterocycles. The van der Waals surface area contributed by atoms with Crippen molar-refractivity contribution >= 4 is 34.8 Å². The van der Waals surface area contributed by atoms with Crippen molar-refractivity contribution in [2.75, 3.05) is 5.32 Å². The van der Waals surface area contributed by atoms with E-state index in [2.05, 4.69) is 5.32 Å². The van der Waals surface area contributed by atoms with Crippen LogP contribution in [-0.4, -0.2) is 5.91 Å². The summed E-state index contributed by atoms with van der Waals surface area (Å²) in [5.41, 5.74) is 5.96. The molecule has 3 rings (SSSR count). The predicted molar refractivity (Wildman–Crippen MR) is 87.4 cm³/mol. The van der Waals surface area contributed by atoms with Gasteiger partial charge in [0.2, 0.25) is 5.91 Å². The lowest BCUT2D eigenvalue weighted by atomic mass is 9.94. The average molecular weight is 320 g/mol. The van der Waals surface area contributed by atoms with Crippen LogP contribution in [0, 0.1) is 13.8 Å². The Hall–Kier alpha value is -1.51. The molecule has 1 unspecified atom stereocenters. The molecular formula is C17H15Cl2NO. The zero-order chi connectivity index (χ0) is 15.1. The summed E-state index contributed by atoms with van der Waals surface area (Å²) in [6.07, 6.45) is 0.385. The Bertz CT molecular complexity index is 720. The van der Waals surface area contributed by atoms with Crippen LogP contribution in [0.25, 0.3) is 0 Å².